The van der Waals surface area contributed by atoms with Crippen LogP contribution in [0.2, 0.25) is 0 Å². The van der Waals surface area contributed by atoms with Gasteiger partial charge in [0.15, 0.2) is 0 Å². The molecule has 0 saturated carbocycles. The molecular formula is C14H20N3O. The van der Waals surface area contributed by atoms with Gasteiger partial charge >= 0.3 is 0 Å². The van der Waals surface area contributed by atoms with E-state index < -0.39 is 0 Å². The maximum absolute atomic E-state index is 11.6. The number of aryl methyl sites for hydroxylation is 1. The van der Waals surface area contributed by atoms with Gasteiger partial charge in [0, 0.05) is 19.2 Å². The third kappa shape index (κ3) is 4.35. The van der Waals surface area contributed by atoms with Gasteiger partial charge in [0.05, 0.1) is 12.0 Å². The van der Waals surface area contributed by atoms with Gasteiger partial charge in [-0.25, -0.2) is 4.98 Å². The number of aromatic amines is 1. The van der Waals surface area contributed by atoms with E-state index in [2.05, 4.69) is 27.4 Å². The van der Waals surface area contributed by atoms with Crippen molar-refractivity contribution in [3.8, 4) is 0 Å². The van der Waals surface area contributed by atoms with Crippen LogP contribution in [-0.2, 0) is 11.2 Å². The summed E-state index contributed by atoms with van der Waals surface area (Å²) < 4.78 is 0. The molecule has 1 radical (unpaired) electrons. The van der Waals surface area contributed by atoms with E-state index in [4.69, 9.17) is 0 Å². The highest BCUT2D eigenvalue weighted by molar-refractivity contribution is 5.76. The van der Waals surface area contributed by atoms with E-state index in [9.17, 15) is 4.79 Å². The summed E-state index contributed by atoms with van der Waals surface area (Å²) in [4.78, 5) is 18.7. The highest BCUT2D eigenvalue weighted by Gasteiger charge is 2.11. The van der Waals surface area contributed by atoms with Crippen LogP contribution in [0.4, 0.5) is 0 Å². The maximum Gasteiger partial charge on any atom is 0.220 e. The molecule has 0 atom stereocenters. The van der Waals surface area contributed by atoms with Gasteiger partial charge in [0.1, 0.15) is 0 Å². The van der Waals surface area contributed by atoms with Crippen molar-refractivity contribution >= 4 is 5.91 Å². The number of amides is 1. The minimum absolute atomic E-state index is 0.157. The van der Waals surface area contributed by atoms with Gasteiger partial charge in [0.2, 0.25) is 5.91 Å². The van der Waals surface area contributed by atoms with Crippen molar-refractivity contribution in [3.63, 3.8) is 0 Å². The molecule has 1 amide bonds. The van der Waals surface area contributed by atoms with Gasteiger partial charge in [-0.1, -0.05) is 12.2 Å². The number of nitrogens with zero attached hydrogens (tertiary/aromatic N) is 1. The summed E-state index contributed by atoms with van der Waals surface area (Å²) in [6, 6.07) is 0. The number of carbonyl (C=O) groups is 1. The lowest BCUT2D eigenvalue weighted by Gasteiger charge is -2.07. The number of rotatable bonds is 7. The molecule has 2 rings (SSSR count). The summed E-state index contributed by atoms with van der Waals surface area (Å²) in [7, 11) is 0. The molecule has 1 aliphatic rings. The smallest absolute Gasteiger partial charge is 0.220 e. The maximum atomic E-state index is 11.6. The zero-order valence-electron chi connectivity index (χ0n) is 10.6. The van der Waals surface area contributed by atoms with Crippen LogP contribution in [0.1, 0.15) is 37.8 Å². The molecule has 1 aliphatic carbocycles. The molecule has 4 nitrogen and oxygen atoms in total. The number of hydrogen-bond acceptors (Lipinski definition) is 2. The average molecular weight is 246 g/mol. The lowest BCUT2D eigenvalue weighted by molar-refractivity contribution is -0.121. The standard InChI is InChI=1S/C14H20N3O/c18-14(8-7-12-4-1-2-5-12)16-9-3-6-13-10-15-11-17-13/h1,4,10-11H,2-3,5-9H2,(H,15,17)(H,16,18). The first-order chi connectivity index (χ1) is 8.84. The summed E-state index contributed by atoms with van der Waals surface area (Å²) in [6.07, 6.45) is 13.5. The van der Waals surface area contributed by atoms with Crippen LogP contribution in [-0.4, -0.2) is 22.4 Å². The van der Waals surface area contributed by atoms with E-state index in [-0.39, 0.29) is 5.91 Å². The van der Waals surface area contributed by atoms with Crippen molar-refractivity contribution in [3.05, 3.63) is 36.3 Å². The molecule has 97 valence electrons. The second-order valence-corrected chi connectivity index (χ2v) is 4.61. The predicted molar refractivity (Wildman–Crippen MR) is 70.8 cm³/mol. The van der Waals surface area contributed by atoms with Crippen LogP contribution in [0.15, 0.2) is 24.7 Å². The highest BCUT2D eigenvalue weighted by Crippen LogP contribution is 2.23. The average Bonchev–Trinajstić information content (AvgIpc) is 3.04. The number of nitrogens with one attached hydrogen (secondary N) is 2. The van der Waals surface area contributed by atoms with Crippen molar-refractivity contribution < 1.29 is 4.79 Å². The number of allylic oxidation sites excluding steroid dienone is 2. The molecule has 1 heterocycles. The van der Waals surface area contributed by atoms with E-state index in [0.29, 0.717) is 6.42 Å². The lowest BCUT2D eigenvalue weighted by atomic mass is 10.0. The summed E-state index contributed by atoms with van der Waals surface area (Å²) in [6.45, 7) is 0.733. The first-order valence-electron chi connectivity index (χ1n) is 6.60. The van der Waals surface area contributed by atoms with Crippen molar-refractivity contribution in [1.82, 2.24) is 15.3 Å². The summed E-state index contributed by atoms with van der Waals surface area (Å²) in [5.74, 6) is 1.56. The lowest BCUT2D eigenvalue weighted by Crippen LogP contribution is -2.24. The number of imidazole rings is 1. The first-order valence-corrected chi connectivity index (χ1v) is 6.60. The van der Waals surface area contributed by atoms with Crippen molar-refractivity contribution in [2.24, 2.45) is 0 Å². The third-order valence-electron chi connectivity index (χ3n) is 3.15. The third-order valence-corrected chi connectivity index (χ3v) is 3.15. The monoisotopic (exact) mass is 246 g/mol. The first kappa shape index (κ1) is 12.9. The van der Waals surface area contributed by atoms with Crippen LogP contribution in [0.5, 0.6) is 0 Å². The Kier molecular flexibility index (Phi) is 5.00. The molecule has 0 aliphatic heterocycles. The zero-order chi connectivity index (χ0) is 12.6. The topological polar surface area (TPSA) is 57.8 Å². The summed E-state index contributed by atoms with van der Waals surface area (Å²) in [5.41, 5.74) is 1.05. The van der Waals surface area contributed by atoms with E-state index in [1.165, 1.54) is 5.92 Å². The largest absolute Gasteiger partial charge is 0.356 e. The Labute approximate surface area is 108 Å². The Morgan fingerprint density at radius 2 is 2.39 bits per heavy atom. The molecule has 1 aromatic rings. The van der Waals surface area contributed by atoms with Crippen LogP contribution in [0.25, 0.3) is 0 Å². The molecule has 18 heavy (non-hydrogen) atoms. The van der Waals surface area contributed by atoms with Crippen molar-refractivity contribution in [1.29, 1.82) is 0 Å². The minimum atomic E-state index is 0.157. The Bertz CT molecular complexity index is 384. The Hall–Kier alpha value is -1.58. The van der Waals surface area contributed by atoms with Gasteiger partial charge in [-0.2, -0.15) is 0 Å². The van der Waals surface area contributed by atoms with Gasteiger partial charge in [-0.05, 0) is 38.0 Å². The van der Waals surface area contributed by atoms with E-state index in [0.717, 1.165) is 44.3 Å². The van der Waals surface area contributed by atoms with Crippen LogP contribution in [0.3, 0.4) is 0 Å². The summed E-state index contributed by atoms with van der Waals surface area (Å²) >= 11 is 0. The quantitative estimate of drug-likeness (QED) is 0.724. The Balaban J connectivity index is 1.50. The van der Waals surface area contributed by atoms with Crippen LogP contribution in [0, 0.1) is 5.92 Å². The van der Waals surface area contributed by atoms with Gasteiger partial charge in [-0.15, -0.1) is 0 Å². The van der Waals surface area contributed by atoms with Gasteiger partial charge in [-0.3, -0.25) is 4.79 Å². The zero-order valence-corrected chi connectivity index (χ0v) is 10.6. The second kappa shape index (κ2) is 6.99. The molecule has 0 fully saturated rings. The molecule has 4 heteroatoms. The molecule has 0 aromatic carbocycles. The fourth-order valence-corrected chi connectivity index (χ4v) is 2.10. The predicted octanol–water partition coefficient (Wildman–Crippen LogP) is 2.16. The van der Waals surface area contributed by atoms with Crippen molar-refractivity contribution in [2.75, 3.05) is 6.54 Å². The van der Waals surface area contributed by atoms with E-state index in [1.54, 1.807) is 6.33 Å². The number of carbonyl (C=O) groups excluding carboxylic acids is 1. The normalized spacial score (nSPS) is 15.1. The van der Waals surface area contributed by atoms with Crippen molar-refractivity contribution in [2.45, 2.75) is 38.5 Å². The molecule has 0 bridgehead atoms. The molecule has 0 saturated heterocycles. The number of hydrogen-bond donors (Lipinski definition) is 2. The van der Waals surface area contributed by atoms with E-state index >= 15 is 0 Å². The molecule has 1 aromatic heterocycles. The summed E-state index contributed by atoms with van der Waals surface area (Å²) in [5, 5.41) is 2.95. The Morgan fingerprint density at radius 1 is 1.44 bits per heavy atom. The SMILES string of the molecule is O=C(CC[C]1C=CCC1)NCCCc1c[nH]cn1. The Morgan fingerprint density at radius 3 is 3.11 bits per heavy atom. The van der Waals surface area contributed by atoms with Gasteiger partial charge < -0.3 is 10.3 Å². The van der Waals surface area contributed by atoms with Crippen LogP contribution < -0.4 is 5.32 Å². The minimum Gasteiger partial charge on any atom is -0.356 e. The molecule has 0 unspecified atom stereocenters. The molecular weight excluding hydrogens is 226 g/mol. The number of aromatic nitrogens is 2. The fourth-order valence-electron chi connectivity index (χ4n) is 2.10. The van der Waals surface area contributed by atoms with E-state index in [1.807, 2.05) is 6.20 Å². The van der Waals surface area contributed by atoms with Gasteiger partial charge in [0.25, 0.3) is 0 Å². The second-order valence-electron chi connectivity index (χ2n) is 4.61. The van der Waals surface area contributed by atoms with Crippen LogP contribution >= 0.6 is 0 Å². The molecule has 2 N–H and O–H groups in total. The fraction of sp³-hybridized carbons (Fsp3) is 0.500. The highest BCUT2D eigenvalue weighted by atomic mass is 16.1. The molecule has 0 spiro atoms. The number of H-pyrrole nitrogens is 1.